The number of hydrogen-bond donors (Lipinski definition) is 2. The van der Waals surface area contributed by atoms with Crippen molar-refractivity contribution in [2.45, 2.75) is 25.7 Å². The van der Waals surface area contributed by atoms with Gasteiger partial charge in [-0.05, 0) is 30.9 Å². The molecule has 1 saturated heterocycles. The predicted octanol–water partition coefficient (Wildman–Crippen LogP) is 1.38. The van der Waals surface area contributed by atoms with Crippen LogP contribution in [0.15, 0.2) is 12.1 Å². The molecule has 1 aliphatic rings. The fourth-order valence-electron chi connectivity index (χ4n) is 3.52. The van der Waals surface area contributed by atoms with Crippen molar-refractivity contribution in [2.75, 3.05) is 47.5 Å². The number of halogens is 1. The third-order valence-corrected chi connectivity index (χ3v) is 4.98. The second-order valence-electron chi connectivity index (χ2n) is 6.75. The van der Waals surface area contributed by atoms with Gasteiger partial charge in [-0.15, -0.1) is 12.4 Å². The zero-order valence-corrected chi connectivity index (χ0v) is 18.2. The van der Waals surface area contributed by atoms with Gasteiger partial charge in [0.05, 0.1) is 27.2 Å². The average Bonchev–Trinajstić information content (AvgIpc) is 2.74. The molecule has 0 radical (unpaired) electrons. The van der Waals surface area contributed by atoms with Gasteiger partial charge in [0.15, 0.2) is 11.5 Å². The van der Waals surface area contributed by atoms with Gasteiger partial charge in [-0.1, -0.05) is 6.07 Å². The molecule has 0 spiro atoms. The first-order chi connectivity index (χ1) is 13.5. The summed E-state index contributed by atoms with van der Waals surface area (Å²) in [6, 6.07) is 3.69. The van der Waals surface area contributed by atoms with E-state index in [0.29, 0.717) is 56.3 Å². The molecule has 1 heterocycles. The molecule has 3 N–H and O–H groups in total. The normalized spacial score (nSPS) is 15.9. The minimum atomic E-state index is -0.167. The monoisotopic (exact) mass is 429 g/mol. The molecule has 0 aliphatic carbocycles. The zero-order valence-electron chi connectivity index (χ0n) is 17.4. The van der Waals surface area contributed by atoms with E-state index in [2.05, 4.69) is 5.32 Å². The zero-order chi connectivity index (χ0) is 20.5. The van der Waals surface area contributed by atoms with Crippen molar-refractivity contribution < 1.29 is 23.8 Å². The predicted molar refractivity (Wildman–Crippen MR) is 113 cm³/mol. The van der Waals surface area contributed by atoms with Crippen molar-refractivity contribution in [1.29, 1.82) is 0 Å². The lowest BCUT2D eigenvalue weighted by Gasteiger charge is -2.32. The van der Waals surface area contributed by atoms with Gasteiger partial charge in [0, 0.05) is 32.6 Å². The Bertz CT molecular complexity index is 686. The fourth-order valence-corrected chi connectivity index (χ4v) is 3.52. The van der Waals surface area contributed by atoms with Crippen LogP contribution in [0.3, 0.4) is 0 Å². The Morgan fingerprint density at radius 1 is 1.17 bits per heavy atom. The van der Waals surface area contributed by atoms with Crippen molar-refractivity contribution in [1.82, 2.24) is 10.2 Å². The van der Waals surface area contributed by atoms with E-state index >= 15 is 0 Å². The number of carbonyl (C=O) groups is 2. The van der Waals surface area contributed by atoms with Crippen LogP contribution in [-0.2, 0) is 16.0 Å². The third kappa shape index (κ3) is 6.40. The van der Waals surface area contributed by atoms with Crippen LogP contribution in [0.4, 0.5) is 0 Å². The number of nitrogens with zero attached hydrogens (tertiary/aromatic N) is 1. The first-order valence-electron chi connectivity index (χ1n) is 9.59. The maximum absolute atomic E-state index is 12.7. The molecule has 1 fully saturated rings. The lowest BCUT2D eigenvalue weighted by Crippen LogP contribution is -2.46. The molecule has 29 heavy (non-hydrogen) atoms. The number of piperidine rings is 1. The van der Waals surface area contributed by atoms with Crippen molar-refractivity contribution in [3.63, 3.8) is 0 Å². The summed E-state index contributed by atoms with van der Waals surface area (Å²) in [4.78, 5) is 26.7. The summed E-state index contributed by atoms with van der Waals surface area (Å²) in [7, 11) is 4.69. The van der Waals surface area contributed by atoms with Crippen LogP contribution >= 0.6 is 12.4 Å². The van der Waals surface area contributed by atoms with Crippen LogP contribution in [-0.4, -0.2) is 64.2 Å². The van der Waals surface area contributed by atoms with Crippen molar-refractivity contribution in [3.8, 4) is 17.2 Å². The Balaban J connectivity index is 0.00000420. The van der Waals surface area contributed by atoms with Gasteiger partial charge in [-0.2, -0.15) is 0 Å². The molecule has 2 amide bonds. The molecule has 8 nitrogen and oxygen atoms in total. The van der Waals surface area contributed by atoms with E-state index in [-0.39, 0.29) is 30.1 Å². The lowest BCUT2D eigenvalue weighted by molar-refractivity contribution is -0.135. The highest BCUT2D eigenvalue weighted by atomic mass is 35.5. The highest BCUT2D eigenvalue weighted by molar-refractivity contribution is 5.85. The first kappa shape index (κ1) is 24.8. The molecule has 0 aromatic heterocycles. The smallest absolute Gasteiger partial charge is 0.224 e. The number of ether oxygens (including phenoxy) is 3. The lowest BCUT2D eigenvalue weighted by atomic mass is 9.96. The van der Waals surface area contributed by atoms with E-state index in [1.165, 1.54) is 0 Å². The number of methoxy groups -OCH3 is 3. The van der Waals surface area contributed by atoms with Gasteiger partial charge in [0.25, 0.3) is 0 Å². The SMILES string of the molecule is COc1ccc(CCC(=O)N2CCCC(C(=O)NCCN)C2)c(OC)c1OC.Cl. The van der Waals surface area contributed by atoms with Crippen LogP contribution in [0.1, 0.15) is 24.8 Å². The Labute approximate surface area is 178 Å². The molecule has 1 aromatic rings. The van der Waals surface area contributed by atoms with E-state index < -0.39 is 0 Å². The van der Waals surface area contributed by atoms with Gasteiger partial charge in [0.1, 0.15) is 0 Å². The summed E-state index contributed by atoms with van der Waals surface area (Å²) in [5.41, 5.74) is 6.31. The number of carbonyl (C=O) groups excluding carboxylic acids is 2. The third-order valence-electron chi connectivity index (χ3n) is 4.98. The van der Waals surface area contributed by atoms with E-state index in [4.69, 9.17) is 19.9 Å². The Hall–Kier alpha value is -2.19. The van der Waals surface area contributed by atoms with Crippen LogP contribution in [0, 0.1) is 5.92 Å². The highest BCUT2D eigenvalue weighted by Crippen LogP contribution is 2.40. The molecular formula is C20H32ClN3O5. The van der Waals surface area contributed by atoms with Crippen molar-refractivity contribution in [3.05, 3.63) is 17.7 Å². The minimum Gasteiger partial charge on any atom is -0.493 e. The number of aryl methyl sites for hydroxylation is 1. The second-order valence-corrected chi connectivity index (χ2v) is 6.75. The summed E-state index contributed by atoms with van der Waals surface area (Å²) in [5, 5.41) is 2.81. The Morgan fingerprint density at radius 2 is 1.90 bits per heavy atom. The highest BCUT2D eigenvalue weighted by Gasteiger charge is 2.28. The molecule has 1 unspecified atom stereocenters. The topological polar surface area (TPSA) is 103 Å². The number of nitrogens with two attached hydrogens (primary N) is 1. The molecular weight excluding hydrogens is 398 g/mol. The van der Waals surface area contributed by atoms with Gasteiger partial charge in [-0.3, -0.25) is 9.59 Å². The maximum Gasteiger partial charge on any atom is 0.224 e. The number of likely N-dealkylation sites (tertiary alicyclic amines) is 1. The molecule has 2 rings (SSSR count). The number of amides is 2. The largest absolute Gasteiger partial charge is 0.493 e. The summed E-state index contributed by atoms with van der Waals surface area (Å²) in [6.45, 7) is 2.01. The Morgan fingerprint density at radius 3 is 2.52 bits per heavy atom. The molecule has 0 saturated carbocycles. The summed E-state index contributed by atoms with van der Waals surface area (Å²) >= 11 is 0. The summed E-state index contributed by atoms with van der Waals surface area (Å²) in [5.74, 6) is 1.52. The van der Waals surface area contributed by atoms with Crippen molar-refractivity contribution >= 4 is 24.2 Å². The molecule has 1 aromatic carbocycles. The maximum atomic E-state index is 12.7. The molecule has 1 atom stereocenters. The fraction of sp³-hybridized carbons (Fsp3) is 0.600. The summed E-state index contributed by atoms with van der Waals surface area (Å²) in [6.07, 6.45) is 2.47. The number of nitrogens with one attached hydrogen (secondary N) is 1. The van der Waals surface area contributed by atoms with E-state index in [1.807, 2.05) is 6.07 Å². The van der Waals surface area contributed by atoms with Crippen molar-refractivity contribution in [2.24, 2.45) is 11.7 Å². The number of hydrogen-bond acceptors (Lipinski definition) is 6. The van der Waals surface area contributed by atoms with E-state index in [9.17, 15) is 9.59 Å². The quantitative estimate of drug-likeness (QED) is 0.614. The van der Waals surface area contributed by atoms with Gasteiger partial charge in [0.2, 0.25) is 17.6 Å². The van der Waals surface area contributed by atoms with Crippen LogP contribution in [0.5, 0.6) is 17.2 Å². The Kier molecular flexibility index (Phi) is 10.6. The molecule has 164 valence electrons. The van der Waals surface area contributed by atoms with E-state index in [0.717, 1.165) is 18.4 Å². The van der Waals surface area contributed by atoms with Gasteiger partial charge in [-0.25, -0.2) is 0 Å². The molecule has 9 heteroatoms. The van der Waals surface area contributed by atoms with Crippen LogP contribution in [0.2, 0.25) is 0 Å². The average molecular weight is 430 g/mol. The number of benzene rings is 1. The first-order valence-corrected chi connectivity index (χ1v) is 9.59. The molecule has 1 aliphatic heterocycles. The minimum absolute atomic E-state index is 0. The van der Waals surface area contributed by atoms with Crippen LogP contribution < -0.4 is 25.3 Å². The standard InChI is InChI=1S/C20H31N3O5.ClH/c1-26-16-8-6-14(18(27-2)19(16)28-3)7-9-17(24)23-12-4-5-15(13-23)20(25)22-11-10-21;/h6,8,15H,4-5,7,9-13,21H2,1-3H3,(H,22,25);1H. The summed E-state index contributed by atoms with van der Waals surface area (Å²) < 4.78 is 16.2. The van der Waals surface area contributed by atoms with E-state index in [1.54, 1.807) is 32.3 Å². The van der Waals surface area contributed by atoms with Crippen LogP contribution in [0.25, 0.3) is 0 Å². The number of rotatable bonds is 9. The molecule has 0 bridgehead atoms. The van der Waals surface area contributed by atoms with Gasteiger partial charge < -0.3 is 30.2 Å². The van der Waals surface area contributed by atoms with Gasteiger partial charge >= 0.3 is 0 Å². The second kappa shape index (κ2) is 12.4.